The zero-order chi connectivity index (χ0) is 15.0. The highest BCUT2D eigenvalue weighted by molar-refractivity contribution is 7.97. The van der Waals surface area contributed by atoms with Crippen LogP contribution < -0.4 is 0 Å². The Hall–Kier alpha value is -0.510. The molecular formula is C16H24ClNOS. The van der Waals surface area contributed by atoms with E-state index in [2.05, 4.69) is 4.31 Å². The Labute approximate surface area is 132 Å². The summed E-state index contributed by atoms with van der Waals surface area (Å²) in [5.74, 6) is 0.711. The molecule has 0 atom stereocenters. The summed E-state index contributed by atoms with van der Waals surface area (Å²) in [6, 6.07) is 7.90. The molecule has 1 aliphatic rings. The van der Waals surface area contributed by atoms with Gasteiger partial charge in [-0.1, -0.05) is 32.4 Å². The van der Waals surface area contributed by atoms with E-state index in [0.717, 1.165) is 31.0 Å². The maximum atomic E-state index is 11.6. The number of carbonyl (C=O) groups is 1. The van der Waals surface area contributed by atoms with Crippen LogP contribution in [0.4, 0.5) is 0 Å². The van der Waals surface area contributed by atoms with E-state index in [0.29, 0.717) is 12.2 Å². The molecule has 1 aromatic rings. The Kier molecular flexibility index (Phi) is 8.27. The number of halogens is 1. The fourth-order valence-electron chi connectivity index (χ4n) is 2.20. The largest absolute Gasteiger partial charge is 0.299 e. The third-order valence-corrected chi connectivity index (χ3v) is 4.66. The molecule has 0 radical (unpaired) electrons. The van der Waals surface area contributed by atoms with Gasteiger partial charge >= 0.3 is 0 Å². The van der Waals surface area contributed by atoms with Gasteiger partial charge in [-0.2, -0.15) is 0 Å². The molecule has 0 aliphatic carbocycles. The lowest BCUT2D eigenvalue weighted by Gasteiger charge is -2.30. The SMILES string of the molecule is CC.CCC(=O)C1CCN(Sc2ccc(Cl)cc2)CC1. The topological polar surface area (TPSA) is 20.3 Å². The average molecular weight is 314 g/mol. The number of benzene rings is 1. The highest BCUT2D eigenvalue weighted by atomic mass is 35.5. The van der Waals surface area contributed by atoms with E-state index in [1.807, 2.05) is 45.0 Å². The highest BCUT2D eigenvalue weighted by Gasteiger charge is 2.24. The van der Waals surface area contributed by atoms with Crippen LogP contribution in [0.25, 0.3) is 0 Å². The van der Waals surface area contributed by atoms with Crippen molar-refractivity contribution < 1.29 is 4.79 Å². The molecule has 1 heterocycles. The number of rotatable bonds is 4. The van der Waals surface area contributed by atoms with Crippen molar-refractivity contribution in [3.63, 3.8) is 0 Å². The van der Waals surface area contributed by atoms with Gasteiger partial charge in [0.05, 0.1) is 0 Å². The molecule has 0 N–H and O–H groups in total. The number of piperidine rings is 1. The fourth-order valence-corrected chi connectivity index (χ4v) is 3.28. The van der Waals surface area contributed by atoms with Crippen LogP contribution in [0.3, 0.4) is 0 Å². The summed E-state index contributed by atoms with van der Waals surface area (Å²) in [6.07, 6.45) is 2.66. The molecule has 20 heavy (non-hydrogen) atoms. The van der Waals surface area contributed by atoms with Gasteiger partial charge in [0.1, 0.15) is 5.78 Å². The van der Waals surface area contributed by atoms with Crippen LogP contribution in [-0.4, -0.2) is 23.2 Å². The molecule has 0 aromatic heterocycles. The molecule has 0 amide bonds. The van der Waals surface area contributed by atoms with Crippen LogP contribution in [0.2, 0.25) is 5.02 Å². The van der Waals surface area contributed by atoms with E-state index >= 15 is 0 Å². The highest BCUT2D eigenvalue weighted by Crippen LogP contribution is 2.29. The van der Waals surface area contributed by atoms with Gasteiger partial charge in [-0.3, -0.25) is 4.79 Å². The van der Waals surface area contributed by atoms with Gasteiger partial charge in [-0.25, -0.2) is 4.31 Å². The van der Waals surface area contributed by atoms with Crippen LogP contribution in [0.15, 0.2) is 29.2 Å². The Balaban J connectivity index is 0.000000956. The van der Waals surface area contributed by atoms with E-state index in [1.165, 1.54) is 4.90 Å². The number of Topliss-reactive ketones (excluding diaryl/α,β-unsaturated/α-hetero) is 1. The normalized spacial score (nSPS) is 16.4. The van der Waals surface area contributed by atoms with Gasteiger partial charge in [0, 0.05) is 35.3 Å². The van der Waals surface area contributed by atoms with Crippen molar-refractivity contribution in [1.29, 1.82) is 0 Å². The van der Waals surface area contributed by atoms with Gasteiger partial charge in [0.15, 0.2) is 0 Å². The van der Waals surface area contributed by atoms with Crippen molar-refractivity contribution in [2.75, 3.05) is 13.1 Å². The molecule has 0 saturated carbocycles. The quantitative estimate of drug-likeness (QED) is 0.724. The molecule has 0 unspecified atom stereocenters. The van der Waals surface area contributed by atoms with Crippen molar-refractivity contribution in [3.8, 4) is 0 Å². The smallest absolute Gasteiger partial charge is 0.135 e. The summed E-state index contributed by atoms with van der Waals surface area (Å²) in [5, 5.41) is 0.770. The third-order valence-electron chi connectivity index (χ3n) is 3.31. The van der Waals surface area contributed by atoms with E-state index < -0.39 is 0 Å². The summed E-state index contributed by atoms with van der Waals surface area (Å²) in [7, 11) is 0. The zero-order valence-corrected chi connectivity index (χ0v) is 14.1. The van der Waals surface area contributed by atoms with Crippen molar-refractivity contribution in [2.24, 2.45) is 5.92 Å². The Morgan fingerprint density at radius 1 is 1.25 bits per heavy atom. The second-order valence-corrected chi connectivity index (χ2v) is 6.18. The minimum Gasteiger partial charge on any atom is -0.299 e. The van der Waals surface area contributed by atoms with Gasteiger partial charge in [0.25, 0.3) is 0 Å². The summed E-state index contributed by atoms with van der Waals surface area (Å²) < 4.78 is 2.34. The molecule has 2 nitrogen and oxygen atoms in total. The standard InChI is InChI=1S/C14H18ClNOS.C2H6/c1-2-14(17)11-7-9-16(10-8-11)18-13-5-3-12(15)4-6-13;1-2/h3-6,11H,2,7-10H2,1H3;1-2H3. The first-order valence-corrected chi connectivity index (χ1v) is 8.55. The van der Waals surface area contributed by atoms with E-state index in [-0.39, 0.29) is 5.92 Å². The second kappa shape index (κ2) is 9.43. The molecule has 0 spiro atoms. The first-order chi connectivity index (χ1) is 9.69. The predicted molar refractivity (Wildman–Crippen MR) is 88.3 cm³/mol. The van der Waals surface area contributed by atoms with Crippen LogP contribution >= 0.6 is 23.5 Å². The number of hydrogen-bond donors (Lipinski definition) is 0. The van der Waals surface area contributed by atoms with Crippen LogP contribution in [-0.2, 0) is 4.79 Å². The second-order valence-electron chi connectivity index (χ2n) is 4.57. The van der Waals surface area contributed by atoms with Gasteiger partial charge in [-0.15, -0.1) is 0 Å². The summed E-state index contributed by atoms with van der Waals surface area (Å²) >= 11 is 7.62. The van der Waals surface area contributed by atoms with Gasteiger partial charge in [0.2, 0.25) is 0 Å². The first-order valence-electron chi connectivity index (χ1n) is 7.40. The molecule has 112 valence electrons. The first kappa shape index (κ1) is 17.5. The molecule has 1 aliphatic heterocycles. The maximum Gasteiger partial charge on any atom is 0.135 e. The lowest BCUT2D eigenvalue weighted by atomic mass is 9.92. The van der Waals surface area contributed by atoms with E-state index in [1.54, 1.807) is 11.9 Å². The Bertz CT molecular complexity index is 399. The Morgan fingerprint density at radius 2 is 1.80 bits per heavy atom. The van der Waals surface area contributed by atoms with E-state index in [9.17, 15) is 4.79 Å². The van der Waals surface area contributed by atoms with E-state index in [4.69, 9.17) is 11.6 Å². The van der Waals surface area contributed by atoms with Crippen LogP contribution in [0, 0.1) is 5.92 Å². The Morgan fingerprint density at radius 3 is 2.30 bits per heavy atom. The molecule has 4 heteroatoms. The van der Waals surface area contributed by atoms with Gasteiger partial charge < -0.3 is 0 Å². The van der Waals surface area contributed by atoms with Crippen LogP contribution in [0.5, 0.6) is 0 Å². The molecule has 1 aromatic carbocycles. The lowest BCUT2D eigenvalue weighted by molar-refractivity contribution is -0.123. The maximum absolute atomic E-state index is 11.6. The summed E-state index contributed by atoms with van der Waals surface area (Å²) in [6.45, 7) is 7.94. The summed E-state index contributed by atoms with van der Waals surface area (Å²) in [5.41, 5.74) is 0. The van der Waals surface area contributed by atoms with Gasteiger partial charge in [-0.05, 0) is 49.1 Å². The zero-order valence-electron chi connectivity index (χ0n) is 12.6. The monoisotopic (exact) mass is 313 g/mol. The predicted octanol–water partition coefficient (Wildman–Crippen LogP) is 5.06. The number of hydrogen-bond acceptors (Lipinski definition) is 3. The summed E-state index contributed by atoms with van der Waals surface area (Å²) in [4.78, 5) is 12.8. The number of carbonyl (C=O) groups excluding carboxylic acids is 1. The number of nitrogens with zero attached hydrogens (tertiary/aromatic N) is 1. The molecule has 2 rings (SSSR count). The molecule has 1 saturated heterocycles. The number of ketones is 1. The van der Waals surface area contributed by atoms with Crippen molar-refractivity contribution >= 4 is 29.3 Å². The van der Waals surface area contributed by atoms with Crippen molar-refractivity contribution in [3.05, 3.63) is 29.3 Å². The molecule has 0 bridgehead atoms. The average Bonchev–Trinajstić information content (AvgIpc) is 2.51. The molecular weight excluding hydrogens is 290 g/mol. The minimum absolute atomic E-state index is 0.289. The third kappa shape index (κ3) is 5.47. The molecule has 1 fully saturated rings. The van der Waals surface area contributed by atoms with Crippen molar-refractivity contribution in [1.82, 2.24) is 4.31 Å². The fraction of sp³-hybridized carbons (Fsp3) is 0.562. The lowest BCUT2D eigenvalue weighted by Crippen LogP contribution is -2.31. The minimum atomic E-state index is 0.289. The van der Waals surface area contributed by atoms with Crippen LogP contribution in [0.1, 0.15) is 40.0 Å². The van der Waals surface area contributed by atoms with Crippen molar-refractivity contribution in [2.45, 2.75) is 44.9 Å².